The smallest absolute Gasteiger partial charge is 0.306 e. The summed E-state index contributed by atoms with van der Waals surface area (Å²) in [5.41, 5.74) is 0. The lowest BCUT2D eigenvalue weighted by molar-refractivity contribution is -0.142. The summed E-state index contributed by atoms with van der Waals surface area (Å²) in [5, 5.41) is 8.76. The van der Waals surface area contributed by atoms with Gasteiger partial charge < -0.3 is 5.11 Å². The van der Waals surface area contributed by atoms with E-state index in [1.54, 1.807) is 0 Å². The molecule has 0 aromatic carbocycles. The number of hydrogen-bond acceptors (Lipinski definition) is 1. The van der Waals surface area contributed by atoms with Gasteiger partial charge in [-0.1, -0.05) is 0 Å². The van der Waals surface area contributed by atoms with Crippen LogP contribution in [0, 0.1) is 17.8 Å². The number of aliphatic carboxylic acids is 1. The van der Waals surface area contributed by atoms with E-state index < -0.39 is 5.97 Å². The Morgan fingerprint density at radius 1 is 1.09 bits per heavy atom. The number of carboxylic acids is 1. The van der Waals surface area contributed by atoms with Crippen molar-refractivity contribution in [1.29, 1.82) is 0 Å². The maximum Gasteiger partial charge on any atom is 0.306 e. The van der Waals surface area contributed by atoms with Gasteiger partial charge in [0, 0.05) is 0 Å². The van der Waals surface area contributed by atoms with Crippen LogP contribution < -0.4 is 0 Å². The third kappa shape index (κ3) is 1.39. The minimum atomic E-state index is -0.577. The Morgan fingerprint density at radius 2 is 1.64 bits per heavy atom. The fraction of sp³-hybridized carbons (Fsp3) is 0.889. The van der Waals surface area contributed by atoms with Crippen LogP contribution in [0.5, 0.6) is 0 Å². The highest BCUT2D eigenvalue weighted by molar-refractivity contribution is 5.69. The summed E-state index contributed by atoms with van der Waals surface area (Å²) < 4.78 is 0. The van der Waals surface area contributed by atoms with Gasteiger partial charge in [0.25, 0.3) is 0 Å². The summed E-state index contributed by atoms with van der Waals surface area (Å²) in [6.45, 7) is 0. The lowest BCUT2D eigenvalue weighted by Crippen LogP contribution is -2.12. The van der Waals surface area contributed by atoms with E-state index in [-0.39, 0.29) is 5.92 Å². The third-order valence-electron chi connectivity index (χ3n) is 3.19. The van der Waals surface area contributed by atoms with E-state index in [2.05, 4.69) is 0 Å². The maximum absolute atomic E-state index is 10.6. The van der Waals surface area contributed by atoms with Crippen LogP contribution in [0.2, 0.25) is 0 Å². The molecule has 0 amide bonds. The summed E-state index contributed by atoms with van der Waals surface area (Å²) in [6, 6.07) is 0. The normalized spacial score (nSPS) is 42.4. The molecule has 0 radical (unpaired) electrons. The summed E-state index contributed by atoms with van der Waals surface area (Å²) in [6.07, 6.45) is 5.57. The molecule has 2 fully saturated rings. The number of rotatable bonds is 1. The van der Waals surface area contributed by atoms with Crippen molar-refractivity contribution in [3.05, 3.63) is 0 Å². The molecule has 2 aliphatic rings. The van der Waals surface area contributed by atoms with Gasteiger partial charge in [0.2, 0.25) is 0 Å². The molecule has 0 heterocycles. The fourth-order valence-corrected chi connectivity index (χ4v) is 2.24. The zero-order valence-corrected chi connectivity index (χ0v) is 6.62. The van der Waals surface area contributed by atoms with Gasteiger partial charge in [-0.2, -0.15) is 0 Å². The Kier molecular flexibility index (Phi) is 1.63. The van der Waals surface area contributed by atoms with Gasteiger partial charge in [0.15, 0.2) is 0 Å². The molecule has 0 bridgehead atoms. The topological polar surface area (TPSA) is 37.3 Å². The first-order valence-corrected chi connectivity index (χ1v) is 4.50. The van der Waals surface area contributed by atoms with E-state index in [1.165, 1.54) is 19.3 Å². The maximum atomic E-state index is 10.6. The van der Waals surface area contributed by atoms with Crippen LogP contribution in [-0.4, -0.2) is 11.1 Å². The quantitative estimate of drug-likeness (QED) is 0.626. The first kappa shape index (κ1) is 7.14. The minimum absolute atomic E-state index is 0.0252. The molecule has 2 heteroatoms. The molecule has 0 aliphatic heterocycles. The van der Waals surface area contributed by atoms with Crippen LogP contribution in [0.4, 0.5) is 0 Å². The van der Waals surface area contributed by atoms with E-state index in [0.717, 1.165) is 24.7 Å². The molecule has 2 saturated carbocycles. The standard InChI is InChI=1S/C9H14O2/c10-9(11)6-1-3-7-5-8(7)4-2-6/h6-8H,1-5H2,(H,10,11)/t6?,7-,8+. The average molecular weight is 154 g/mol. The molecule has 0 saturated heterocycles. The highest BCUT2D eigenvalue weighted by Crippen LogP contribution is 2.49. The van der Waals surface area contributed by atoms with Gasteiger partial charge in [-0.3, -0.25) is 4.79 Å². The lowest BCUT2D eigenvalue weighted by Gasteiger charge is -2.07. The Morgan fingerprint density at radius 3 is 2.09 bits per heavy atom. The van der Waals surface area contributed by atoms with E-state index in [9.17, 15) is 4.79 Å². The Hall–Kier alpha value is -0.530. The van der Waals surface area contributed by atoms with Crippen molar-refractivity contribution in [3.63, 3.8) is 0 Å². The second-order valence-corrected chi connectivity index (χ2v) is 3.95. The van der Waals surface area contributed by atoms with Crippen LogP contribution in [0.1, 0.15) is 32.1 Å². The predicted molar refractivity (Wildman–Crippen MR) is 41.2 cm³/mol. The number of carboxylic acid groups (broad SMARTS) is 1. The molecule has 0 spiro atoms. The van der Waals surface area contributed by atoms with Crippen LogP contribution in [0.25, 0.3) is 0 Å². The fourth-order valence-electron chi connectivity index (χ4n) is 2.24. The van der Waals surface area contributed by atoms with Crippen molar-refractivity contribution >= 4 is 5.97 Å². The van der Waals surface area contributed by atoms with Crippen LogP contribution in [0.3, 0.4) is 0 Å². The summed E-state index contributed by atoms with van der Waals surface area (Å²) >= 11 is 0. The second kappa shape index (κ2) is 2.50. The highest BCUT2D eigenvalue weighted by atomic mass is 16.4. The molecule has 3 atom stereocenters. The van der Waals surface area contributed by atoms with E-state index in [4.69, 9.17) is 5.11 Å². The number of hydrogen-bond donors (Lipinski definition) is 1. The van der Waals surface area contributed by atoms with Gasteiger partial charge in [-0.25, -0.2) is 0 Å². The van der Waals surface area contributed by atoms with Crippen molar-refractivity contribution in [1.82, 2.24) is 0 Å². The van der Waals surface area contributed by atoms with E-state index in [0.29, 0.717) is 0 Å². The van der Waals surface area contributed by atoms with Crippen LogP contribution in [0.15, 0.2) is 0 Å². The molecule has 0 aromatic rings. The molecule has 62 valence electrons. The average Bonchev–Trinajstić information content (AvgIpc) is 2.60. The molecular weight excluding hydrogens is 140 g/mol. The van der Waals surface area contributed by atoms with Crippen molar-refractivity contribution < 1.29 is 9.90 Å². The summed E-state index contributed by atoms with van der Waals surface area (Å²) in [7, 11) is 0. The molecule has 11 heavy (non-hydrogen) atoms. The predicted octanol–water partition coefficient (Wildman–Crippen LogP) is 1.90. The van der Waals surface area contributed by atoms with Crippen LogP contribution in [-0.2, 0) is 4.79 Å². The zero-order valence-electron chi connectivity index (χ0n) is 6.62. The minimum Gasteiger partial charge on any atom is -0.481 e. The van der Waals surface area contributed by atoms with Gasteiger partial charge in [-0.15, -0.1) is 0 Å². The number of carbonyl (C=O) groups is 1. The van der Waals surface area contributed by atoms with Crippen molar-refractivity contribution in [2.45, 2.75) is 32.1 Å². The van der Waals surface area contributed by atoms with E-state index >= 15 is 0 Å². The van der Waals surface area contributed by atoms with Crippen molar-refractivity contribution in [2.24, 2.45) is 17.8 Å². The Labute approximate surface area is 66.6 Å². The number of fused-ring (bicyclic) bond motifs is 1. The molecule has 2 nitrogen and oxygen atoms in total. The Balaban J connectivity index is 1.91. The van der Waals surface area contributed by atoms with Gasteiger partial charge in [0.05, 0.1) is 5.92 Å². The summed E-state index contributed by atoms with van der Waals surface area (Å²) in [5.74, 6) is 1.20. The van der Waals surface area contributed by atoms with Crippen molar-refractivity contribution in [3.8, 4) is 0 Å². The third-order valence-corrected chi connectivity index (χ3v) is 3.19. The van der Waals surface area contributed by atoms with Gasteiger partial charge in [-0.05, 0) is 43.9 Å². The van der Waals surface area contributed by atoms with Gasteiger partial charge in [0.1, 0.15) is 0 Å². The lowest BCUT2D eigenvalue weighted by atomic mass is 9.99. The first-order chi connectivity index (χ1) is 5.27. The van der Waals surface area contributed by atoms with Crippen molar-refractivity contribution in [2.75, 3.05) is 0 Å². The van der Waals surface area contributed by atoms with Crippen LogP contribution >= 0.6 is 0 Å². The molecule has 2 rings (SSSR count). The largest absolute Gasteiger partial charge is 0.481 e. The highest BCUT2D eigenvalue weighted by Gasteiger charge is 2.40. The first-order valence-electron chi connectivity index (χ1n) is 4.50. The molecule has 1 N–H and O–H groups in total. The molecule has 1 unspecified atom stereocenters. The molecular formula is C9H14O2. The zero-order chi connectivity index (χ0) is 7.84. The monoisotopic (exact) mass is 154 g/mol. The summed E-state index contributed by atoms with van der Waals surface area (Å²) in [4.78, 5) is 10.6. The van der Waals surface area contributed by atoms with E-state index in [1.807, 2.05) is 0 Å². The SMILES string of the molecule is O=C(O)C1CC[C@@H]2C[C@@H]2CC1. The molecule has 2 aliphatic carbocycles. The Bertz CT molecular complexity index is 164. The van der Waals surface area contributed by atoms with Gasteiger partial charge >= 0.3 is 5.97 Å². The molecule has 0 aromatic heterocycles. The second-order valence-electron chi connectivity index (χ2n) is 3.95.